The van der Waals surface area contributed by atoms with E-state index in [2.05, 4.69) is 9.97 Å². The molecule has 0 saturated carbocycles. The predicted molar refractivity (Wildman–Crippen MR) is 82.4 cm³/mol. The molecule has 4 rings (SSSR count). The summed E-state index contributed by atoms with van der Waals surface area (Å²) in [5.74, 6) is -0.232. The van der Waals surface area contributed by atoms with Gasteiger partial charge in [0.05, 0.1) is 11.0 Å². The van der Waals surface area contributed by atoms with Crippen molar-refractivity contribution in [2.75, 3.05) is 0 Å². The van der Waals surface area contributed by atoms with Crippen LogP contribution < -0.4 is 0 Å². The molecule has 0 unspecified atom stereocenters. The van der Waals surface area contributed by atoms with Crippen molar-refractivity contribution < 1.29 is 4.39 Å². The summed E-state index contributed by atoms with van der Waals surface area (Å²) in [6, 6.07) is 16.5. The lowest BCUT2D eigenvalue weighted by Crippen LogP contribution is -1.88. The van der Waals surface area contributed by atoms with E-state index in [-0.39, 0.29) is 5.82 Å². The molecule has 0 atom stereocenters. The average Bonchev–Trinajstić information content (AvgIpc) is 2.55. The molecule has 0 N–H and O–H groups in total. The van der Waals surface area contributed by atoms with Crippen LogP contribution in [0, 0.1) is 5.82 Å². The first-order valence-corrected chi connectivity index (χ1v) is 6.71. The van der Waals surface area contributed by atoms with Crippen LogP contribution in [0.1, 0.15) is 0 Å². The molecule has 0 amide bonds. The largest absolute Gasteiger partial charge is 0.254 e. The van der Waals surface area contributed by atoms with Crippen molar-refractivity contribution in [2.24, 2.45) is 0 Å². The zero-order valence-corrected chi connectivity index (χ0v) is 11.1. The van der Waals surface area contributed by atoms with Gasteiger partial charge in [-0.3, -0.25) is 9.97 Å². The number of hydrogen-bond acceptors (Lipinski definition) is 2. The highest BCUT2D eigenvalue weighted by Gasteiger charge is 2.08. The van der Waals surface area contributed by atoms with Crippen LogP contribution in [0.25, 0.3) is 32.9 Å². The van der Waals surface area contributed by atoms with Crippen LogP contribution in [-0.4, -0.2) is 9.97 Å². The molecule has 0 spiro atoms. The van der Waals surface area contributed by atoms with Crippen molar-refractivity contribution in [3.05, 3.63) is 72.8 Å². The maximum Gasteiger partial charge on any atom is 0.123 e. The molecule has 0 aliphatic rings. The van der Waals surface area contributed by atoms with Crippen molar-refractivity contribution >= 4 is 21.8 Å². The van der Waals surface area contributed by atoms with Gasteiger partial charge in [0, 0.05) is 23.2 Å². The number of halogens is 1. The highest BCUT2D eigenvalue weighted by Crippen LogP contribution is 2.30. The van der Waals surface area contributed by atoms with Gasteiger partial charge in [-0.15, -0.1) is 0 Å². The molecule has 3 heteroatoms. The minimum atomic E-state index is -0.232. The molecule has 2 heterocycles. The summed E-state index contributed by atoms with van der Waals surface area (Å²) >= 11 is 0. The Balaban J connectivity index is 2.06. The lowest BCUT2D eigenvalue weighted by Gasteiger charge is -2.08. The summed E-state index contributed by atoms with van der Waals surface area (Å²) in [7, 11) is 0. The second kappa shape index (κ2) is 4.63. The van der Waals surface area contributed by atoms with Gasteiger partial charge in [-0.05, 0) is 35.4 Å². The van der Waals surface area contributed by atoms with E-state index in [9.17, 15) is 4.39 Å². The smallest absolute Gasteiger partial charge is 0.123 e. The summed E-state index contributed by atoms with van der Waals surface area (Å²) in [6.45, 7) is 0. The zero-order valence-electron chi connectivity index (χ0n) is 11.1. The molecular formula is C18H11FN2. The second-order valence-corrected chi connectivity index (χ2v) is 4.90. The number of nitrogens with zero attached hydrogens (tertiary/aromatic N) is 2. The van der Waals surface area contributed by atoms with Crippen LogP contribution in [0.15, 0.2) is 67.0 Å². The highest BCUT2D eigenvalue weighted by atomic mass is 19.1. The Labute approximate surface area is 120 Å². The van der Waals surface area contributed by atoms with E-state index < -0.39 is 0 Å². The van der Waals surface area contributed by atoms with Gasteiger partial charge in [-0.2, -0.15) is 0 Å². The second-order valence-electron chi connectivity index (χ2n) is 4.90. The average molecular weight is 274 g/mol. The fourth-order valence-electron chi connectivity index (χ4n) is 2.64. The van der Waals surface area contributed by atoms with Crippen LogP contribution in [0.5, 0.6) is 0 Å². The Hall–Kier alpha value is -2.81. The van der Waals surface area contributed by atoms with E-state index in [4.69, 9.17) is 0 Å². The Morgan fingerprint density at radius 3 is 2.38 bits per heavy atom. The van der Waals surface area contributed by atoms with Gasteiger partial charge >= 0.3 is 0 Å². The number of aromatic nitrogens is 2. The molecule has 2 aromatic heterocycles. The number of fused-ring (bicyclic) bond motifs is 3. The number of hydrogen-bond donors (Lipinski definition) is 0. The molecule has 21 heavy (non-hydrogen) atoms. The van der Waals surface area contributed by atoms with E-state index in [1.54, 1.807) is 24.5 Å². The van der Waals surface area contributed by atoms with Crippen molar-refractivity contribution in [1.82, 2.24) is 9.97 Å². The highest BCUT2D eigenvalue weighted by molar-refractivity contribution is 6.07. The molecular weight excluding hydrogens is 263 g/mol. The van der Waals surface area contributed by atoms with Crippen molar-refractivity contribution in [1.29, 1.82) is 0 Å². The maximum absolute atomic E-state index is 13.1. The Bertz CT molecular complexity index is 946. The molecule has 2 nitrogen and oxygen atoms in total. The topological polar surface area (TPSA) is 25.8 Å². The molecule has 0 bridgehead atoms. The SMILES string of the molecule is Fc1ccc(-c2ccnc3c2ccc2cccnc23)cc1. The van der Waals surface area contributed by atoms with E-state index in [0.29, 0.717) is 0 Å². The van der Waals surface area contributed by atoms with Gasteiger partial charge in [0.15, 0.2) is 0 Å². The van der Waals surface area contributed by atoms with Gasteiger partial charge in [-0.25, -0.2) is 4.39 Å². The van der Waals surface area contributed by atoms with Gasteiger partial charge in [0.2, 0.25) is 0 Å². The monoisotopic (exact) mass is 274 g/mol. The quantitative estimate of drug-likeness (QED) is 0.474. The van der Waals surface area contributed by atoms with Crippen LogP contribution in [0.2, 0.25) is 0 Å². The standard InChI is InChI=1S/C18H11FN2/c19-14-6-3-12(4-7-14)15-9-11-21-18-16(15)8-5-13-2-1-10-20-17(13)18/h1-11H. The van der Waals surface area contributed by atoms with Crippen LogP contribution in [0.3, 0.4) is 0 Å². The Kier molecular flexibility index (Phi) is 2.64. The van der Waals surface area contributed by atoms with E-state index in [1.165, 1.54) is 12.1 Å². The van der Waals surface area contributed by atoms with E-state index >= 15 is 0 Å². The van der Waals surface area contributed by atoms with Gasteiger partial charge in [0.1, 0.15) is 5.82 Å². The Morgan fingerprint density at radius 2 is 1.52 bits per heavy atom. The van der Waals surface area contributed by atoms with Gasteiger partial charge < -0.3 is 0 Å². The van der Waals surface area contributed by atoms with Crippen LogP contribution in [0.4, 0.5) is 4.39 Å². The molecule has 100 valence electrons. The molecule has 0 saturated heterocycles. The number of benzene rings is 2. The van der Waals surface area contributed by atoms with E-state index in [0.717, 1.165) is 32.9 Å². The lowest BCUT2D eigenvalue weighted by atomic mass is 10.00. The lowest BCUT2D eigenvalue weighted by molar-refractivity contribution is 0.628. The molecule has 0 radical (unpaired) electrons. The predicted octanol–water partition coefficient (Wildman–Crippen LogP) is 4.59. The summed E-state index contributed by atoms with van der Waals surface area (Å²) in [5.41, 5.74) is 3.76. The van der Waals surface area contributed by atoms with Gasteiger partial charge in [0.25, 0.3) is 0 Å². The first-order chi connectivity index (χ1) is 10.3. The first kappa shape index (κ1) is 12.0. The molecule has 4 aromatic rings. The summed E-state index contributed by atoms with van der Waals surface area (Å²) in [5, 5.41) is 2.09. The Morgan fingerprint density at radius 1 is 0.714 bits per heavy atom. The molecule has 0 aliphatic heterocycles. The summed E-state index contributed by atoms with van der Waals surface area (Å²) in [6.07, 6.45) is 3.54. The van der Waals surface area contributed by atoms with Crippen molar-refractivity contribution in [2.45, 2.75) is 0 Å². The molecule has 0 fully saturated rings. The third kappa shape index (κ3) is 1.94. The van der Waals surface area contributed by atoms with Gasteiger partial charge in [-0.1, -0.05) is 30.3 Å². The van der Waals surface area contributed by atoms with Crippen LogP contribution in [-0.2, 0) is 0 Å². The molecule has 0 aliphatic carbocycles. The third-order valence-corrected chi connectivity index (χ3v) is 3.64. The fraction of sp³-hybridized carbons (Fsp3) is 0. The van der Waals surface area contributed by atoms with Crippen molar-refractivity contribution in [3.63, 3.8) is 0 Å². The van der Waals surface area contributed by atoms with Crippen molar-refractivity contribution in [3.8, 4) is 11.1 Å². The normalized spacial score (nSPS) is 11.1. The van der Waals surface area contributed by atoms with E-state index in [1.807, 2.05) is 30.3 Å². The number of rotatable bonds is 1. The zero-order chi connectivity index (χ0) is 14.2. The first-order valence-electron chi connectivity index (χ1n) is 6.71. The third-order valence-electron chi connectivity index (χ3n) is 3.64. The number of pyridine rings is 2. The summed E-state index contributed by atoms with van der Waals surface area (Å²) in [4.78, 5) is 8.91. The minimum Gasteiger partial charge on any atom is -0.254 e. The van der Waals surface area contributed by atoms with Crippen LogP contribution >= 0.6 is 0 Å². The minimum absolute atomic E-state index is 0.232. The summed E-state index contributed by atoms with van der Waals surface area (Å²) < 4.78 is 13.1. The molecule has 2 aromatic carbocycles. The maximum atomic E-state index is 13.1. The fourth-order valence-corrected chi connectivity index (χ4v) is 2.64.